The smallest absolute Gasteiger partial charge is 0.163 e. The molecule has 0 N–H and O–H groups in total. The van der Waals surface area contributed by atoms with Gasteiger partial charge in [0.15, 0.2) is 5.82 Å². The van der Waals surface area contributed by atoms with Crippen LogP contribution in [0.5, 0.6) is 0 Å². The molecule has 0 spiro atoms. The highest BCUT2D eigenvalue weighted by atomic mass is 14.9. The lowest BCUT2D eigenvalue weighted by Crippen LogP contribution is -2.01. The van der Waals surface area contributed by atoms with Crippen molar-refractivity contribution in [3.8, 4) is 11.4 Å². The third-order valence-corrected chi connectivity index (χ3v) is 2.43. The van der Waals surface area contributed by atoms with E-state index in [4.69, 9.17) is 0 Å². The zero-order chi connectivity index (χ0) is 11.7. The van der Waals surface area contributed by atoms with Crippen molar-refractivity contribution in [1.29, 1.82) is 0 Å². The van der Waals surface area contributed by atoms with Crippen LogP contribution in [0.3, 0.4) is 0 Å². The quantitative estimate of drug-likeness (QED) is 0.730. The summed E-state index contributed by atoms with van der Waals surface area (Å²) in [6.07, 6.45) is 1.57. The van der Waals surface area contributed by atoms with Gasteiger partial charge in [-0.05, 0) is 33.8 Å². The van der Waals surface area contributed by atoms with Gasteiger partial charge in [-0.25, -0.2) is 19.9 Å². The molecule has 82 valence electrons. The first-order valence-electron chi connectivity index (χ1n) is 5.19. The van der Waals surface area contributed by atoms with Gasteiger partial charge in [0.1, 0.15) is 6.33 Å². The maximum absolute atomic E-state index is 4.43. The summed E-state index contributed by atoms with van der Waals surface area (Å²) in [5.41, 5.74) is 4.69. The van der Waals surface area contributed by atoms with E-state index in [0.717, 1.165) is 28.3 Å². The Morgan fingerprint density at radius 1 is 0.812 bits per heavy atom. The fourth-order valence-corrected chi connectivity index (χ4v) is 1.75. The van der Waals surface area contributed by atoms with Crippen molar-refractivity contribution in [2.24, 2.45) is 0 Å². The Balaban J connectivity index is 2.67. The highest BCUT2D eigenvalue weighted by Crippen LogP contribution is 2.21. The molecule has 4 nitrogen and oxygen atoms in total. The van der Waals surface area contributed by atoms with Gasteiger partial charge in [-0.2, -0.15) is 0 Å². The summed E-state index contributed by atoms with van der Waals surface area (Å²) in [6, 6.07) is 1.96. The van der Waals surface area contributed by atoms with Crippen LogP contribution in [-0.2, 0) is 0 Å². The van der Waals surface area contributed by atoms with E-state index in [0.29, 0.717) is 5.82 Å². The molecule has 0 amide bonds. The highest BCUT2D eigenvalue weighted by molar-refractivity contribution is 5.60. The maximum atomic E-state index is 4.43. The van der Waals surface area contributed by atoms with E-state index >= 15 is 0 Å². The van der Waals surface area contributed by atoms with Crippen molar-refractivity contribution in [3.63, 3.8) is 0 Å². The SMILES string of the molecule is Cc1cc(C)nc(-c2c(C)ncnc2C)n1. The van der Waals surface area contributed by atoms with Gasteiger partial charge in [0.25, 0.3) is 0 Å². The molecule has 0 aromatic carbocycles. The minimum absolute atomic E-state index is 0.716. The fourth-order valence-electron chi connectivity index (χ4n) is 1.75. The molecule has 2 aromatic heterocycles. The maximum Gasteiger partial charge on any atom is 0.163 e. The summed E-state index contributed by atoms with van der Waals surface area (Å²) in [4.78, 5) is 17.2. The average molecular weight is 214 g/mol. The van der Waals surface area contributed by atoms with E-state index in [1.165, 1.54) is 0 Å². The normalized spacial score (nSPS) is 10.5. The lowest BCUT2D eigenvalue weighted by molar-refractivity contribution is 1.01. The molecule has 0 saturated heterocycles. The van der Waals surface area contributed by atoms with Gasteiger partial charge in [0, 0.05) is 11.4 Å². The third-order valence-electron chi connectivity index (χ3n) is 2.43. The summed E-state index contributed by atoms with van der Waals surface area (Å²) < 4.78 is 0. The molecule has 0 aliphatic carbocycles. The van der Waals surface area contributed by atoms with Gasteiger partial charge in [0.2, 0.25) is 0 Å². The van der Waals surface area contributed by atoms with Crippen LogP contribution in [0, 0.1) is 27.7 Å². The van der Waals surface area contributed by atoms with Gasteiger partial charge in [0.05, 0.1) is 17.0 Å². The first-order valence-corrected chi connectivity index (χ1v) is 5.19. The Bertz CT molecular complexity index is 494. The van der Waals surface area contributed by atoms with Crippen molar-refractivity contribution in [3.05, 3.63) is 35.2 Å². The van der Waals surface area contributed by atoms with Crippen molar-refractivity contribution in [2.75, 3.05) is 0 Å². The zero-order valence-electron chi connectivity index (χ0n) is 9.94. The molecule has 0 unspecified atom stereocenters. The predicted octanol–water partition coefficient (Wildman–Crippen LogP) is 2.17. The minimum Gasteiger partial charge on any atom is -0.241 e. The van der Waals surface area contributed by atoms with E-state index in [1.807, 2.05) is 33.8 Å². The number of nitrogens with zero attached hydrogens (tertiary/aromatic N) is 4. The predicted molar refractivity (Wildman–Crippen MR) is 62.0 cm³/mol. The van der Waals surface area contributed by atoms with Crippen LogP contribution < -0.4 is 0 Å². The van der Waals surface area contributed by atoms with Crippen LogP contribution in [0.1, 0.15) is 22.8 Å². The number of rotatable bonds is 1. The van der Waals surface area contributed by atoms with Crippen molar-refractivity contribution < 1.29 is 0 Å². The highest BCUT2D eigenvalue weighted by Gasteiger charge is 2.11. The third kappa shape index (κ3) is 1.91. The van der Waals surface area contributed by atoms with Crippen molar-refractivity contribution in [1.82, 2.24) is 19.9 Å². The number of hydrogen-bond donors (Lipinski definition) is 0. The second-order valence-electron chi connectivity index (χ2n) is 3.89. The largest absolute Gasteiger partial charge is 0.241 e. The molecular weight excluding hydrogens is 200 g/mol. The molecule has 0 aliphatic heterocycles. The zero-order valence-corrected chi connectivity index (χ0v) is 9.94. The minimum atomic E-state index is 0.716. The molecule has 2 rings (SSSR count). The first-order chi connectivity index (χ1) is 7.58. The Hall–Kier alpha value is -1.84. The summed E-state index contributed by atoms with van der Waals surface area (Å²) in [5.74, 6) is 0.716. The number of hydrogen-bond acceptors (Lipinski definition) is 4. The molecule has 0 atom stereocenters. The van der Waals surface area contributed by atoms with Crippen LogP contribution >= 0.6 is 0 Å². The van der Waals surface area contributed by atoms with Gasteiger partial charge in [-0.1, -0.05) is 0 Å². The molecule has 0 radical (unpaired) electrons. The van der Waals surface area contributed by atoms with E-state index in [9.17, 15) is 0 Å². The molecule has 2 heterocycles. The molecule has 16 heavy (non-hydrogen) atoms. The van der Waals surface area contributed by atoms with Crippen molar-refractivity contribution >= 4 is 0 Å². The standard InChI is InChI=1S/C12H14N4/c1-7-5-8(2)16-12(15-7)11-9(3)13-6-14-10(11)4/h5-6H,1-4H3. The van der Waals surface area contributed by atoms with Crippen molar-refractivity contribution in [2.45, 2.75) is 27.7 Å². The van der Waals surface area contributed by atoms with E-state index in [-0.39, 0.29) is 0 Å². The fraction of sp³-hybridized carbons (Fsp3) is 0.333. The monoisotopic (exact) mass is 214 g/mol. The molecular formula is C12H14N4. The molecule has 0 saturated carbocycles. The van der Waals surface area contributed by atoms with Crippen LogP contribution in [0.25, 0.3) is 11.4 Å². The Labute approximate surface area is 94.8 Å². The van der Waals surface area contributed by atoms with Gasteiger partial charge >= 0.3 is 0 Å². The topological polar surface area (TPSA) is 51.6 Å². The lowest BCUT2D eigenvalue weighted by Gasteiger charge is -2.07. The summed E-state index contributed by atoms with van der Waals surface area (Å²) in [5, 5.41) is 0. The van der Waals surface area contributed by atoms with E-state index in [1.54, 1.807) is 6.33 Å². The summed E-state index contributed by atoms with van der Waals surface area (Å²) >= 11 is 0. The summed E-state index contributed by atoms with van der Waals surface area (Å²) in [6.45, 7) is 7.83. The van der Waals surface area contributed by atoms with E-state index in [2.05, 4.69) is 19.9 Å². The average Bonchev–Trinajstić information content (AvgIpc) is 2.15. The summed E-state index contributed by atoms with van der Waals surface area (Å²) in [7, 11) is 0. The Morgan fingerprint density at radius 3 is 1.81 bits per heavy atom. The molecule has 0 aliphatic rings. The van der Waals surface area contributed by atoms with Gasteiger partial charge in [-0.3, -0.25) is 0 Å². The van der Waals surface area contributed by atoms with E-state index < -0.39 is 0 Å². The molecule has 0 bridgehead atoms. The second kappa shape index (κ2) is 3.96. The van der Waals surface area contributed by atoms with Gasteiger partial charge < -0.3 is 0 Å². The molecule has 4 heteroatoms. The number of aromatic nitrogens is 4. The molecule has 0 fully saturated rings. The first kappa shape index (κ1) is 10.7. The lowest BCUT2D eigenvalue weighted by atomic mass is 10.1. The number of aryl methyl sites for hydroxylation is 4. The van der Waals surface area contributed by atoms with Crippen LogP contribution in [0.2, 0.25) is 0 Å². The van der Waals surface area contributed by atoms with Crippen LogP contribution in [0.4, 0.5) is 0 Å². The van der Waals surface area contributed by atoms with Gasteiger partial charge in [-0.15, -0.1) is 0 Å². The Kier molecular flexibility index (Phi) is 2.64. The second-order valence-corrected chi connectivity index (χ2v) is 3.89. The van der Waals surface area contributed by atoms with Crippen LogP contribution in [0.15, 0.2) is 12.4 Å². The molecule has 2 aromatic rings. The Morgan fingerprint density at radius 2 is 1.31 bits per heavy atom. The van der Waals surface area contributed by atoms with Crippen LogP contribution in [-0.4, -0.2) is 19.9 Å².